The number of hydrogen-bond donors (Lipinski definition) is 3. The lowest BCUT2D eigenvalue weighted by Crippen LogP contribution is -2.55. The standard InChI is InChI=1S/C47H36ClFN4O6/c48-29-8-6-28(7-9-29)47-39(44(56)53(46(47)58)51-33-12-10-30(49)11-13-33)24-38-36(42(47)27-22-26-23-35(54)18-21-40(26)59-25-27)19-20-37-41(38)45(57)52(43(37)55)34-16-14-32(15-17-34)50-31-4-2-1-3-5-31/h1-19,21,23,25,37-39,41-42,50-51,54H,20,22,24H2. The van der Waals surface area contributed by atoms with Gasteiger partial charge >= 0.3 is 0 Å². The lowest BCUT2D eigenvalue weighted by Gasteiger charge is -2.51. The van der Waals surface area contributed by atoms with E-state index in [1.807, 2.05) is 48.5 Å². The van der Waals surface area contributed by atoms with Gasteiger partial charge in [0.05, 0.1) is 40.8 Å². The lowest BCUT2D eigenvalue weighted by molar-refractivity contribution is -0.139. The molecule has 294 valence electrons. The number of nitrogens with zero attached hydrogens (tertiary/aromatic N) is 2. The van der Waals surface area contributed by atoms with Crippen molar-refractivity contribution in [3.05, 3.63) is 167 Å². The van der Waals surface area contributed by atoms with E-state index in [1.165, 1.54) is 35.2 Å². The third kappa shape index (κ3) is 5.82. The Balaban J connectivity index is 1.08. The maximum absolute atomic E-state index is 15.4. The number of anilines is 4. The lowest BCUT2D eigenvalue weighted by atomic mass is 9.48. The number of nitrogens with one attached hydrogen (secondary N) is 2. The number of phenolic OH excluding ortho intramolecular Hbond substituents is 1. The molecule has 2 saturated heterocycles. The van der Waals surface area contributed by atoms with Gasteiger partial charge in [-0.15, -0.1) is 0 Å². The third-order valence-corrected chi connectivity index (χ3v) is 12.8. The number of para-hydroxylation sites is 1. The first-order valence-corrected chi connectivity index (χ1v) is 19.8. The smallest absolute Gasteiger partial charge is 0.260 e. The molecule has 3 N–H and O–H groups in total. The number of allylic oxidation sites excluding steroid dienone is 3. The largest absolute Gasteiger partial charge is 0.508 e. The number of hydrazine groups is 1. The number of carbonyl (C=O) groups excluding carboxylic acids is 4. The normalized spacial score (nSPS) is 25.6. The predicted molar refractivity (Wildman–Crippen MR) is 219 cm³/mol. The van der Waals surface area contributed by atoms with Crippen molar-refractivity contribution in [3.63, 3.8) is 0 Å². The predicted octanol–water partition coefficient (Wildman–Crippen LogP) is 8.47. The molecule has 0 radical (unpaired) electrons. The van der Waals surface area contributed by atoms with Gasteiger partial charge < -0.3 is 15.2 Å². The van der Waals surface area contributed by atoms with E-state index in [0.29, 0.717) is 38.8 Å². The number of halogens is 2. The SMILES string of the molecule is O=C1C2CC3C(=CCC4C(=O)N(c5ccc(Nc6ccccc6)cc5)C(=O)C43)C(C3=COc4ccc(O)cc4C3)C2(c2ccc(Cl)cc2)C(=O)N1Nc1ccc(F)cc1. The maximum atomic E-state index is 15.4. The molecular weight excluding hydrogens is 771 g/mol. The van der Waals surface area contributed by atoms with E-state index in [2.05, 4.69) is 10.7 Å². The Morgan fingerprint density at radius 3 is 2.24 bits per heavy atom. The number of carbonyl (C=O) groups is 4. The highest BCUT2D eigenvalue weighted by Gasteiger charge is 2.70. The minimum absolute atomic E-state index is 0.0426. The first-order valence-electron chi connectivity index (χ1n) is 19.5. The van der Waals surface area contributed by atoms with E-state index < -0.39 is 52.6 Å². The second-order valence-electron chi connectivity index (χ2n) is 15.7. The summed E-state index contributed by atoms with van der Waals surface area (Å²) < 4.78 is 20.2. The number of hydrogen-bond acceptors (Lipinski definition) is 8. The summed E-state index contributed by atoms with van der Waals surface area (Å²) >= 11 is 6.42. The van der Waals surface area contributed by atoms with Gasteiger partial charge in [0, 0.05) is 34.3 Å². The molecule has 3 heterocycles. The fourth-order valence-corrected chi connectivity index (χ4v) is 10.2. The number of amides is 4. The number of aromatic hydroxyl groups is 1. The summed E-state index contributed by atoms with van der Waals surface area (Å²) in [5.74, 6) is -5.55. The van der Waals surface area contributed by atoms with Gasteiger partial charge in [-0.2, -0.15) is 5.01 Å². The van der Waals surface area contributed by atoms with Crippen molar-refractivity contribution < 1.29 is 33.4 Å². The van der Waals surface area contributed by atoms with Crippen LogP contribution in [-0.4, -0.2) is 33.7 Å². The Hall–Kier alpha value is -6.72. The number of ether oxygens (including phenoxy) is 1. The molecule has 0 bridgehead atoms. The van der Waals surface area contributed by atoms with Crippen molar-refractivity contribution in [2.75, 3.05) is 15.6 Å². The Kier molecular flexibility index (Phi) is 8.68. The molecule has 12 heteroatoms. The monoisotopic (exact) mass is 806 g/mol. The molecule has 6 unspecified atom stereocenters. The minimum Gasteiger partial charge on any atom is -0.508 e. The van der Waals surface area contributed by atoms with Crippen molar-refractivity contribution in [3.8, 4) is 11.5 Å². The highest BCUT2D eigenvalue weighted by molar-refractivity contribution is 6.30. The van der Waals surface area contributed by atoms with Crippen LogP contribution in [0.25, 0.3) is 0 Å². The molecule has 0 aromatic heterocycles. The van der Waals surface area contributed by atoms with Gasteiger partial charge in [-0.1, -0.05) is 53.6 Å². The van der Waals surface area contributed by atoms with Gasteiger partial charge in [-0.25, -0.2) is 4.39 Å². The van der Waals surface area contributed by atoms with Gasteiger partial charge in [-0.3, -0.25) is 29.5 Å². The van der Waals surface area contributed by atoms with E-state index in [9.17, 15) is 23.9 Å². The van der Waals surface area contributed by atoms with Crippen LogP contribution in [0.5, 0.6) is 11.5 Å². The number of rotatable bonds is 7. The van der Waals surface area contributed by atoms with Gasteiger partial charge in [0.1, 0.15) is 17.3 Å². The quantitative estimate of drug-likeness (QED) is 0.110. The fourth-order valence-electron chi connectivity index (χ4n) is 10.1. The second-order valence-corrected chi connectivity index (χ2v) is 16.1. The van der Waals surface area contributed by atoms with E-state index in [0.717, 1.165) is 22.0 Å². The van der Waals surface area contributed by atoms with E-state index in [-0.39, 0.29) is 36.8 Å². The molecule has 1 saturated carbocycles. The molecule has 2 aliphatic carbocycles. The number of fused-ring (bicyclic) bond motifs is 5. The van der Waals surface area contributed by atoms with Gasteiger partial charge in [0.2, 0.25) is 11.8 Å². The first kappa shape index (κ1) is 36.6. The number of phenols is 1. The molecule has 4 amide bonds. The van der Waals surface area contributed by atoms with Crippen molar-refractivity contribution in [1.29, 1.82) is 0 Å². The summed E-state index contributed by atoms with van der Waals surface area (Å²) in [5.41, 5.74) is 6.53. The fraction of sp³-hybridized carbons (Fsp3) is 0.191. The van der Waals surface area contributed by atoms with Crippen LogP contribution in [0, 0.1) is 35.4 Å². The highest BCUT2D eigenvalue weighted by atomic mass is 35.5. The number of imide groups is 2. The van der Waals surface area contributed by atoms with Crippen LogP contribution in [0.1, 0.15) is 24.0 Å². The first-order chi connectivity index (χ1) is 28.6. The zero-order valence-electron chi connectivity index (χ0n) is 31.3. The van der Waals surface area contributed by atoms with Crippen molar-refractivity contribution in [2.24, 2.45) is 29.6 Å². The van der Waals surface area contributed by atoms with Crippen LogP contribution in [-0.2, 0) is 31.0 Å². The van der Waals surface area contributed by atoms with Crippen LogP contribution >= 0.6 is 11.6 Å². The molecule has 0 spiro atoms. The molecule has 5 aromatic carbocycles. The van der Waals surface area contributed by atoms with Crippen LogP contribution < -0.4 is 20.4 Å². The van der Waals surface area contributed by atoms with E-state index in [4.69, 9.17) is 16.3 Å². The van der Waals surface area contributed by atoms with E-state index >= 15 is 4.79 Å². The summed E-state index contributed by atoms with van der Waals surface area (Å²) in [4.78, 5) is 60.8. The Bertz CT molecular complexity index is 2620. The number of benzene rings is 5. The van der Waals surface area contributed by atoms with E-state index in [1.54, 1.807) is 54.8 Å². The van der Waals surface area contributed by atoms with Gasteiger partial charge in [0.25, 0.3) is 11.8 Å². The zero-order chi connectivity index (χ0) is 40.6. The van der Waals surface area contributed by atoms with Gasteiger partial charge in [-0.05, 0) is 121 Å². The summed E-state index contributed by atoms with van der Waals surface area (Å²) in [5, 5.41) is 15.3. The summed E-state index contributed by atoms with van der Waals surface area (Å²) in [6.07, 6.45) is 4.20. The second kappa shape index (κ2) is 14.0. The molecule has 3 aliphatic heterocycles. The molecule has 5 aliphatic rings. The van der Waals surface area contributed by atoms with Crippen LogP contribution in [0.3, 0.4) is 0 Å². The average Bonchev–Trinajstić information content (AvgIpc) is 3.62. The van der Waals surface area contributed by atoms with Crippen LogP contribution in [0.15, 0.2) is 145 Å². The summed E-state index contributed by atoms with van der Waals surface area (Å²) in [7, 11) is 0. The Labute approximate surface area is 343 Å². The van der Waals surface area contributed by atoms with Crippen molar-refractivity contribution >= 4 is 58.0 Å². The summed E-state index contributed by atoms with van der Waals surface area (Å²) in [6, 6.07) is 33.8. The molecule has 10 nitrogen and oxygen atoms in total. The zero-order valence-corrected chi connectivity index (χ0v) is 32.1. The minimum atomic E-state index is -1.56. The molecule has 5 aromatic rings. The molecular formula is C47H36ClFN4O6. The highest BCUT2D eigenvalue weighted by Crippen LogP contribution is 2.63. The molecule has 3 fully saturated rings. The van der Waals surface area contributed by atoms with Crippen LogP contribution in [0.4, 0.5) is 27.1 Å². The Morgan fingerprint density at radius 2 is 1.49 bits per heavy atom. The Morgan fingerprint density at radius 1 is 0.780 bits per heavy atom. The molecule has 10 rings (SSSR count). The summed E-state index contributed by atoms with van der Waals surface area (Å²) in [6.45, 7) is 0. The van der Waals surface area contributed by atoms with Crippen molar-refractivity contribution in [2.45, 2.75) is 24.7 Å². The topological polar surface area (TPSA) is 128 Å². The van der Waals surface area contributed by atoms with Crippen molar-refractivity contribution in [1.82, 2.24) is 5.01 Å². The van der Waals surface area contributed by atoms with Gasteiger partial charge in [0.15, 0.2) is 0 Å². The third-order valence-electron chi connectivity index (χ3n) is 12.6. The average molecular weight is 807 g/mol. The van der Waals surface area contributed by atoms with Crippen LogP contribution in [0.2, 0.25) is 5.02 Å². The maximum Gasteiger partial charge on any atom is 0.260 e. The molecule has 6 atom stereocenters. The molecule has 59 heavy (non-hydrogen) atoms.